The topological polar surface area (TPSA) is 55.0 Å². The highest BCUT2D eigenvalue weighted by atomic mass is 16.5. The summed E-state index contributed by atoms with van der Waals surface area (Å²) in [6.07, 6.45) is 2.92. The number of hydrogen-bond acceptors (Lipinski definition) is 3. The molecule has 2 aromatic rings. The normalized spacial score (nSPS) is 10.6. The van der Waals surface area contributed by atoms with E-state index in [0.717, 1.165) is 16.5 Å². The lowest BCUT2D eigenvalue weighted by Crippen LogP contribution is -2.04. The maximum absolute atomic E-state index is 11.2. The number of aromatic amines is 1. The van der Waals surface area contributed by atoms with Crippen molar-refractivity contribution in [1.29, 1.82) is 0 Å². The first kappa shape index (κ1) is 10.7. The molecular formula is C12H14N2O2. The summed E-state index contributed by atoms with van der Waals surface area (Å²) in [6.45, 7) is 2.26. The molecule has 4 heteroatoms. The van der Waals surface area contributed by atoms with Crippen molar-refractivity contribution in [3.05, 3.63) is 30.0 Å². The number of carbonyl (C=O) groups excluding carboxylic acids is 1. The maximum Gasteiger partial charge on any atom is 0.306 e. The van der Waals surface area contributed by atoms with E-state index in [9.17, 15) is 4.79 Å². The molecule has 16 heavy (non-hydrogen) atoms. The van der Waals surface area contributed by atoms with E-state index >= 15 is 0 Å². The minimum absolute atomic E-state index is 0.144. The van der Waals surface area contributed by atoms with Gasteiger partial charge in [0, 0.05) is 11.8 Å². The molecule has 1 N–H and O–H groups in total. The Labute approximate surface area is 93.6 Å². The number of ether oxygens (including phenoxy) is 1. The van der Waals surface area contributed by atoms with Crippen LogP contribution in [-0.2, 0) is 16.0 Å². The Morgan fingerprint density at radius 3 is 3.19 bits per heavy atom. The molecule has 0 aliphatic heterocycles. The van der Waals surface area contributed by atoms with Crippen molar-refractivity contribution in [2.45, 2.75) is 19.8 Å². The molecule has 0 saturated heterocycles. The third kappa shape index (κ3) is 2.39. The van der Waals surface area contributed by atoms with Crippen LogP contribution in [0.1, 0.15) is 18.9 Å². The molecule has 2 rings (SSSR count). The first-order valence-corrected chi connectivity index (χ1v) is 5.37. The fourth-order valence-corrected chi connectivity index (χ4v) is 1.63. The molecule has 0 atom stereocenters. The average Bonchev–Trinajstić information content (AvgIpc) is 2.74. The molecule has 0 saturated carbocycles. The number of hydrogen-bond donors (Lipinski definition) is 1. The minimum atomic E-state index is -0.144. The highest BCUT2D eigenvalue weighted by Crippen LogP contribution is 2.14. The van der Waals surface area contributed by atoms with Gasteiger partial charge in [-0.3, -0.25) is 9.89 Å². The van der Waals surface area contributed by atoms with Gasteiger partial charge in [0.25, 0.3) is 0 Å². The molecule has 0 bridgehead atoms. The lowest BCUT2D eigenvalue weighted by atomic mass is 10.1. The number of fused-ring (bicyclic) bond motifs is 1. The van der Waals surface area contributed by atoms with Gasteiger partial charge in [0.15, 0.2) is 0 Å². The molecule has 0 fully saturated rings. The Hall–Kier alpha value is -1.84. The Morgan fingerprint density at radius 1 is 1.50 bits per heavy atom. The van der Waals surface area contributed by atoms with Crippen LogP contribution in [0, 0.1) is 0 Å². The van der Waals surface area contributed by atoms with Gasteiger partial charge in [-0.1, -0.05) is 6.07 Å². The predicted octanol–water partition coefficient (Wildman–Crippen LogP) is 2.06. The molecule has 0 amide bonds. The zero-order valence-corrected chi connectivity index (χ0v) is 9.19. The second-order valence-electron chi connectivity index (χ2n) is 3.60. The Morgan fingerprint density at radius 2 is 2.38 bits per heavy atom. The SMILES string of the molecule is CCOC(=O)CCc1ccc2[nH]ncc2c1. The van der Waals surface area contributed by atoms with Gasteiger partial charge in [0.1, 0.15) is 0 Å². The van der Waals surface area contributed by atoms with Crippen molar-refractivity contribution in [2.24, 2.45) is 0 Å². The van der Waals surface area contributed by atoms with Crippen LogP contribution in [-0.4, -0.2) is 22.8 Å². The highest BCUT2D eigenvalue weighted by Gasteiger charge is 2.03. The number of esters is 1. The lowest BCUT2D eigenvalue weighted by molar-refractivity contribution is -0.143. The van der Waals surface area contributed by atoms with Crippen LogP contribution in [0.4, 0.5) is 0 Å². The molecule has 0 aliphatic carbocycles. The molecule has 1 aromatic carbocycles. The molecule has 4 nitrogen and oxygen atoms in total. The quantitative estimate of drug-likeness (QED) is 0.799. The molecule has 1 heterocycles. The van der Waals surface area contributed by atoms with Crippen molar-refractivity contribution in [1.82, 2.24) is 10.2 Å². The van der Waals surface area contributed by atoms with Gasteiger partial charge >= 0.3 is 5.97 Å². The maximum atomic E-state index is 11.2. The lowest BCUT2D eigenvalue weighted by Gasteiger charge is -2.02. The number of rotatable bonds is 4. The summed E-state index contributed by atoms with van der Waals surface area (Å²) in [4.78, 5) is 11.2. The van der Waals surface area contributed by atoms with Crippen LogP contribution in [0.2, 0.25) is 0 Å². The van der Waals surface area contributed by atoms with Crippen LogP contribution in [0.5, 0.6) is 0 Å². The summed E-state index contributed by atoms with van der Waals surface area (Å²) in [7, 11) is 0. The Kier molecular flexibility index (Phi) is 3.19. The Bertz CT molecular complexity index is 490. The monoisotopic (exact) mass is 218 g/mol. The van der Waals surface area contributed by atoms with Crippen molar-refractivity contribution in [2.75, 3.05) is 6.61 Å². The van der Waals surface area contributed by atoms with E-state index in [2.05, 4.69) is 10.2 Å². The molecule has 0 aliphatic rings. The van der Waals surface area contributed by atoms with E-state index in [0.29, 0.717) is 19.4 Å². The first-order chi connectivity index (χ1) is 7.79. The number of nitrogens with zero attached hydrogens (tertiary/aromatic N) is 1. The standard InChI is InChI=1S/C12H14N2O2/c1-2-16-12(15)6-4-9-3-5-11-10(7-9)8-13-14-11/h3,5,7-8H,2,4,6H2,1H3,(H,13,14). The largest absolute Gasteiger partial charge is 0.466 e. The fraction of sp³-hybridized carbons (Fsp3) is 0.333. The van der Waals surface area contributed by atoms with E-state index in [1.54, 1.807) is 6.20 Å². The van der Waals surface area contributed by atoms with E-state index in [1.807, 2.05) is 25.1 Å². The van der Waals surface area contributed by atoms with E-state index < -0.39 is 0 Å². The second-order valence-corrected chi connectivity index (χ2v) is 3.60. The number of H-pyrrole nitrogens is 1. The third-order valence-corrected chi connectivity index (χ3v) is 2.43. The van der Waals surface area contributed by atoms with Gasteiger partial charge in [-0.15, -0.1) is 0 Å². The van der Waals surface area contributed by atoms with Crippen LogP contribution in [0.15, 0.2) is 24.4 Å². The molecule has 1 aromatic heterocycles. The molecule has 0 radical (unpaired) electrons. The van der Waals surface area contributed by atoms with Crippen LogP contribution >= 0.6 is 0 Å². The molecule has 0 spiro atoms. The predicted molar refractivity (Wildman–Crippen MR) is 61.0 cm³/mol. The zero-order valence-electron chi connectivity index (χ0n) is 9.19. The molecular weight excluding hydrogens is 204 g/mol. The van der Waals surface area contributed by atoms with E-state index in [-0.39, 0.29) is 5.97 Å². The second kappa shape index (κ2) is 4.79. The Balaban J connectivity index is 2.01. The summed E-state index contributed by atoms with van der Waals surface area (Å²) in [5.74, 6) is -0.144. The number of benzene rings is 1. The highest BCUT2D eigenvalue weighted by molar-refractivity contribution is 5.78. The van der Waals surface area contributed by atoms with Crippen molar-refractivity contribution in [3.8, 4) is 0 Å². The first-order valence-electron chi connectivity index (χ1n) is 5.37. The van der Waals surface area contributed by atoms with Crippen LogP contribution in [0.3, 0.4) is 0 Å². The van der Waals surface area contributed by atoms with Gasteiger partial charge < -0.3 is 4.74 Å². The molecule has 84 valence electrons. The fourth-order valence-electron chi connectivity index (χ4n) is 1.63. The number of nitrogens with one attached hydrogen (secondary N) is 1. The number of aryl methyl sites for hydroxylation is 1. The number of aromatic nitrogens is 2. The van der Waals surface area contributed by atoms with Crippen LogP contribution in [0.25, 0.3) is 10.9 Å². The van der Waals surface area contributed by atoms with Crippen molar-refractivity contribution < 1.29 is 9.53 Å². The van der Waals surface area contributed by atoms with E-state index in [4.69, 9.17) is 4.74 Å². The van der Waals surface area contributed by atoms with Crippen molar-refractivity contribution in [3.63, 3.8) is 0 Å². The van der Waals surface area contributed by atoms with Gasteiger partial charge in [-0.05, 0) is 31.0 Å². The third-order valence-electron chi connectivity index (χ3n) is 2.43. The average molecular weight is 218 g/mol. The van der Waals surface area contributed by atoms with Gasteiger partial charge in [-0.2, -0.15) is 5.10 Å². The van der Waals surface area contributed by atoms with Crippen molar-refractivity contribution >= 4 is 16.9 Å². The zero-order chi connectivity index (χ0) is 11.4. The van der Waals surface area contributed by atoms with Gasteiger partial charge in [0.2, 0.25) is 0 Å². The summed E-state index contributed by atoms with van der Waals surface area (Å²) >= 11 is 0. The van der Waals surface area contributed by atoms with Crippen LogP contribution < -0.4 is 0 Å². The summed E-state index contributed by atoms with van der Waals surface area (Å²) < 4.78 is 4.88. The van der Waals surface area contributed by atoms with Gasteiger partial charge in [-0.25, -0.2) is 0 Å². The summed E-state index contributed by atoms with van der Waals surface area (Å²) in [5, 5.41) is 7.91. The summed E-state index contributed by atoms with van der Waals surface area (Å²) in [6, 6.07) is 6.01. The number of carbonyl (C=O) groups is 1. The summed E-state index contributed by atoms with van der Waals surface area (Å²) in [5.41, 5.74) is 2.14. The van der Waals surface area contributed by atoms with E-state index in [1.165, 1.54) is 0 Å². The smallest absolute Gasteiger partial charge is 0.306 e. The minimum Gasteiger partial charge on any atom is -0.466 e. The molecule has 0 unspecified atom stereocenters. The van der Waals surface area contributed by atoms with Gasteiger partial charge in [0.05, 0.1) is 18.3 Å².